The number of benzene rings is 1. The molecule has 0 saturated carbocycles. The molecule has 0 radical (unpaired) electrons. The Balaban J connectivity index is 2.04. The third-order valence-corrected chi connectivity index (χ3v) is 3.26. The zero-order valence-corrected chi connectivity index (χ0v) is 9.59. The fourth-order valence-electron chi connectivity index (χ4n) is 2.41. The Hall–Kier alpha value is -2.03. The summed E-state index contributed by atoms with van der Waals surface area (Å²) >= 11 is 0. The van der Waals surface area contributed by atoms with Crippen LogP contribution in [0.3, 0.4) is 0 Å². The lowest BCUT2D eigenvalue weighted by Crippen LogP contribution is -2.04. The number of rotatable bonds is 2. The van der Waals surface area contributed by atoms with E-state index in [0.717, 1.165) is 17.0 Å². The van der Waals surface area contributed by atoms with Gasteiger partial charge in [0.05, 0.1) is 18.8 Å². The predicted molar refractivity (Wildman–Crippen MR) is 64.5 cm³/mol. The number of carbonyl (C=O) groups is 1. The standard InChI is InChI=1S/C14H13NO2/c1-17-11-5-2-4-10(8-11)13-9-14(16)12-6-3-7-15(12)13/h2-8,13H,9H2,1H3/t13-/m0/s1. The molecular formula is C14H13NO2. The smallest absolute Gasteiger partial charge is 0.181 e. The van der Waals surface area contributed by atoms with Crippen LogP contribution in [-0.2, 0) is 0 Å². The monoisotopic (exact) mass is 227 g/mol. The van der Waals surface area contributed by atoms with Crippen LogP contribution in [0.25, 0.3) is 0 Å². The second kappa shape index (κ2) is 3.77. The summed E-state index contributed by atoms with van der Waals surface area (Å²) in [5.74, 6) is 1.04. The van der Waals surface area contributed by atoms with Crippen LogP contribution in [0.5, 0.6) is 5.75 Å². The van der Waals surface area contributed by atoms with Crippen molar-refractivity contribution in [3.05, 3.63) is 53.9 Å². The van der Waals surface area contributed by atoms with Crippen molar-refractivity contribution in [1.29, 1.82) is 0 Å². The van der Waals surface area contributed by atoms with Gasteiger partial charge < -0.3 is 9.30 Å². The van der Waals surface area contributed by atoms with Crippen LogP contribution >= 0.6 is 0 Å². The number of ether oxygens (including phenoxy) is 1. The summed E-state index contributed by atoms with van der Waals surface area (Å²) in [4.78, 5) is 11.8. The van der Waals surface area contributed by atoms with E-state index < -0.39 is 0 Å². The van der Waals surface area contributed by atoms with Crippen LogP contribution in [0.4, 0.5) is 0 Å². The first kappa shape index (κ1) is 10.1. The first-order valence-electron chi connectivity index (χ1n) is 5.63. The van der Waals surface area contributed by atoms with E-state index in [1.54, 1.807) is 7.11 Å². The van der Waals surface area contributed by atoms with Crippen LogP contribution in [0.15, 0.2) is 42.6 Å². The molecule has 0 saturated heterocycles. The van der Waals surface area contributed by atoms with Crippen molar-refractivity contribution in [2.24, 2.45) is 0 Å². The normalized spacial score (nSPS) is 18.2. The maximum absolute atomic E-state index is 11.8. The van der Waals surface area contributed by atoms with E-state index in [1.807, 2.05) is 47.2 Å². The van der Waals surface area contributed by atoms with Gasteiger partial charge in [0.1, 0.15) is 5.75 Å². The van der Waals surface area contributed by atoms with E-state index in [2.05, 4.69) is 0 Å². The summed E-state index contributed by atoms with van der Waals surface area (Å²) in [7, 11) is 1.65. The van der Waals surface area contributed by atoms with Crippen molar-refractivity contribution >= 4 is 5.78 Å². The molecule has 0 bridgehead atoms. The second-order valence-electron chi connectivity index (χ2n) is 4.22. The minimum Gasteiger partial charge on any atom is -0.497 e. The average molecular weight is 227 g/mol. The van der Waals surface area contributed by atoms with Crippen LogP contribution in [0.2, 0.25) is 0 Å². The minimum atomic E-state index is 0.114. The van der Waals surface area contributed by atoms with Gasteiger partial charge in [-0.05, 0) is 29.8 Å². The Kier molecular flexibility index (Phi) is 2.25. The molecule has 3 nitrogen and oxygen atoms in total. The van der Waals surface area contributed by atoms with Gasteiger partial charge in [-0.15, -0.1) is 0 Å². The predicted octanol–water partition coefficient (Wildman–Crippen LogP) is 2.67. The number of hydrogen-bond acceptors (Lipinski definition) is 2. The molecule has 17 heavy (non-hydrogen) atoms. The average Bonchev–Trinajstić information content (AvgIpc) is 2.94. The molecule has 0 aliphatic carbocycles. The summed E-state index contributed by atoms with van der Waals surface area (Å²) in [5, 5.41) is 0. The second-order valence-corrected chi connectivity index (χ2v) is 4.22. The Morgan fingerprint density at radius 1 is 1.29 bits per heavy atom. The molecule has 1 aromatic carbocycles. The number of fused-ring (bicyclic) bond motifs is 1. The summed E-state index contributed by atoms with van der Waals surface area (Å²) < 4.78 is 7.26. The Bertz CT molecular complexity index is 571. The van der Waals surface area contributed by atoms with Gasteiger partial charge in [0, 0.05) is 12.6 Å². The summed E-state index contributed by atoms with van der Waals surface area (Å²) in [6.07, 6.45) is 2.51. The topological polar surface area (TPSA) is 31.2 Å². The lowest BCUT2D eigenvalue weighted by Gasteiger charge is -2.13. The fourth-order valence-corrected chi connectivity index (χ4v) is 2.41. The van der Waals surface area contributed by atoms with Crippen LogP contribution in [-0.4, -0.2) is 17.5 Å². The number of aromatic nitrogens is 1. The zero-order valence-electron chi connectivity index (χ0n) is 9.59. The maximum atomic E-state index is 11.8. The molecule has 0 unspecified atom stereocenters. The highest BCUT2D eigenvalue weighted by Gasteiger charge is 2.29. The molecule has 1 aromatic heterocycles. The van der Waals surface area contributed by atoms with E-state index in [9.17, 15) is 4.79 Å². The number of methoxy groups -OCH3 is 1. The van der Waals surface area contributed by atoms with E-state index in [0.29, 0.717) is 6.42 Å². The van der Waals surface area contributed by atoms with Crippen LogP contribution in [0.1, 0.15) is 28.5 Å². The summed E-state index contributed by atoms with van der Waals surface area (Å²) in [6, 6.07) is 11.8. The highest BCUT2D eigenvalue weighted by Crippen LogP contribution is 2.33. The number of Topliss-reactive ketones (excluding diaryl/α,β-unsaturated/α-hetero) is 1. The minimum absolute atomic E-state index is 0.114. The summed E-state index contributed by atoms with van der Waals surface area (Å²) in [6.45, 7) is 0. The van der Waals surface area contributed by atoms with Gasteiger partial charge in [-0.1, -0.05) is 12.1 Å². The van der Waals surface area contributed by atoms with E-state index in [1.165, 1.54) is 0 Å². The van der Waals surface area contributed by atoms with Crippen LogP contribution in [0, 0.1) is 0 Å². The Morgan fingerprint density at radius 2 is 2.18 bits per heavy atom. The van der Waals surface area contributed by atoms with Crippen molar-refractivity contribution in [3.63, 3.8) is 0 Å². The van der Waals surface area contributed by atoms with Crippen molar-refractivity contribution < 1.29 is 9.53 Å². The van der Waals surface area contributed by atoms with Crippen molar-refractivity contribution in [1.82, 2.24) is 4.57 Å². The van der Waals surface area contributed by atoms with Gasteiger partial charge in [-0.2, -0.15) is 0 Å². The molecule has 0 spiro atoms. The number of hydrogen-bond donors (Lipinski definition) is 0. The van der Waals surface area contributed by atoms with E-state index in [4.69, 9.17) is 4.74 Å². The first-order valence-corrected chi connectivity index (χ1v) is 5.63. The Morgan fingerprint density at radius 3 is 3.00 bits per heavy atom. The lowest BCUT2D eigenvalue weighted by molar-refractivity contribution is 0.0991. The summed E-state index contributed by atoms with van der Waals surface area (Å²) in [5.41, 5.74) is 1.92. The lowest BCUT2D eigenvalue weighted by atomic mass is 10.0. The molecule has 0 N–H and O–H groups in total. The molecule has 1 aliphatic rings. The third kappa shape index (κ3) is 1.55. The molecule has 0 fully saturated rings. The zero-order chi connectivity index (χ0) is 11.8. The van der Waals surface area contributed by atoms with Crippen LogP contribution < -0.4 is 4.74 Å². The highest BCUT2D eigenvalue weighted by molar-refractivity contribution is 5.97. The molecule has 1 atom stereocenters. The van der Waals surface area contributed by atoms with Gasteiger partial charge >= 0.3 is 0 Å². The SMILES string of the molecule is COc1cccc([C@@H]2CC(=O)c3cccn32)c1. The molecule has 0 amide bonds. The van der Waals surface area contributed by atoms with Gasteiger partial charge in [0.15, 0.2) is 5.78 Å². The number of carbonyl (C=O) groups excluding carboxylic acids is 1. The van der Waals surface area contributed by atoms with Crippen molar-refractivity contribution in [2.45, 2.75) is 12.5 Å². The van der Waals surface area contributed by atoms with Gasteiger partial charge in [0.2, 0.25) is 0 Å². The molecular weight excluding hydrogens is 214 g/mol. The quantitative estimate of drug-likeness (QED) is 0.789. The van der Waals surface area contributed by atoms with Gasteiger partial charge in [-0.3, -0.25) is 4.79 Å². The molecule has 1 aliphatic heterocycles. The van der Waals surface area contributed by atoms with Gasteiger partial charge in [-0.25, -0.2) is 0 Å². The van der Waals surface area contributed by atoms with Crippen molar-refractivity contribution in [3.8, 4) is 5.75 Å². The fraction of sp³-hybridized carbons (Fsp3) is 0.214. The highest BCUT2D eigenvalue weighted by atomic mass is 16.5. The first-order chi connectivity index (χ1) is 8.29. The molecule has 2 heterocycles. The largest absolute Gasteiger partial charge is 0.497 e. The Labute approximate surface area is 99.6 Å². The number of nitrogens with zero attached hydrogens (tertiary/aromatic N) is 1. The molecule has 86 valence electrons. The molecule has 2 aromatic rings. The maximum Gasteiger partial charge on any atom is 0.181 e. The number of ketones is 1. The van der Waals surface area contributed by atoms with E-state index in [-0.39, 0.29) is 11.8 Å². The molecule has 3 rings (SSSR count). The third-order valence-electron chi connectivity index (χ3n) is 3.26. The molecule has 3 heteroatoms. The van der Waals surface area contributed by atoms with Gasteiger partial charge in [0.25, 0.3) is 0 Å². The van der Waals surface area contributed by atoms with Crippen molar-refractivity contribution in [2.75, 3.05) is 7.11 Å². The van der Waals surface area contributed by atoms with E-state index >= 15 is 0 Å².